The number of thioether (sulfide) groups is 2. The highest BCUT2D eigenvalue weighted by molar-refractivity contribution is 8.18. The van der Waals surface area contributed by atoms with E-state index in [1.807, 2.05) is 61.5 Å². The minimum absolute atomic E-state index is 0.129. The van der Waals surface area contributed by atoms with Crippen LogP contribution >= 0.6 is 23.5 Å². The molecule has 28 heavy (non-hydrogen) atoms. The number of nitrogens with zero attached hydrogens (tertiary/aromatic N) is 1. The average molecular weight is 413 g/mol. The van der Waals surface area contributed by atoms with Gasteiger partial charge < -0.3 is 5.32 Å². The van der Waals surface area contributed by atoms with Gasteiger partial charge >= 0.3 is 0 Å². The van der Waals surface area contributed by atoms with E-state index >= 15 is 0 Å². The van der Waals surface area contributed by atoms with Crippen molar-refractivity contribution in [2.24, 2.45) is 0 Å². The Morgan fingerprint density at radius 1 is 1.11 bits per heavy atom. The average Bonchev–Trinajstić information content (AvgIpc) is 2.96. The molecule has 0 atom stereocenters. The van der Waals surface area contributed by atoms with E-state index in [0.29, 0.717) is 10.7 Å². The number of rotatable bonds is 7. The zero-order valence-corrected chi connectivity index (χ0v) is 17.0. The van der Waals surface area contributed by atoms with E-state index in [2.05, 4.69) is 5.32 Å². The predicted molar refractivity (Wildman–Crippen MR) is 114 cm³/mol. The summed E-state index contributed by atoms with van der Waals surface area (Å²) in [6.45, 7) is 2.39. The summed E-state index contributed by atoms with van der Waals surface area (Å²) in [5, 5.41) is 2.45. The van der Waals surface area contributed by atoms with Crippen molar-refractivity contribution < 1.29 is 14.4 Å². The fourth-order valence-electron chi connectivity index (χ4n) is 2.53. The van der Waals surface area contributed by atoms with Crippen molar-refractivity contribution in [2.75, 3.05) is 18.8 Å². The van der Waals surface area contributed by atoms with Gasteiger partial charge in [0.2, 0.25) is 5.91 Å². The minimum Gasteiger partial charge on any atom is -0.354 e. The normalized spacial score (nSPS) is 15.3. The van der Waals surface area contributed by atoms with Crippen molar-refractivity contribution in [3.05, 3.63) is 70.6 Å². The van der Waals surface area contributed by atoms with Gasteiger partial charge in [0.15, 0.2) is 0 Å². The molecule has 0 radical (unpaired) electrons. The lowest BCUT2D eigenvalue weighted by Crippen LogP contribution is -2.37. The first-order valence-electron chi connectivity index (χ1n) is 8.79. The molecule has 3 amide bonds. The Bertz CT molecular complexity index is 896. The summed E-state index contributed by atoms with van der Waals surface area (Å²) in [6.07, 6.45) is 1.72. The third-order valence-electron chi connectivity index (χ3n) is 4.02. The van der Waals surface area contributed by atoms with E-state index in [1.165, 1.54) is 16.7 Å². The van der Waals surface area contributed by atoms with Crippen LogP contribution in [0.25, 0.3) is 6.08 Å². The lowest BCUT2D eigenvalue weighted by atomic mass is 10.1. The van der Waals surface area contributed by atoms with Crippen LogP contribution in [0, 0.1) is 6.92 Å². The second kappa shape index (κ2) is 9.61. The van der Waals surface area contributed by atoms with Crippen LogP contribution in [0.1, 0.15) is 11.1 Å². The smallest absolute Gasteiger partial charge is 0.293 e. The number of hydrogen-bond acceptors (Lipinski definition) is 5. The fraction of sp³-hybridized carbons (Fsp3) is 0.190. The summed E-state index contributed by atoms with van der Waals surface area (Å²) >= 11 is 2.37. The number of aryl methyl sites for hydroxylation is 1. The summed E-state index contributed by atoms with van der Waals surface area (Å²) in [5.41, 5.74) is 2.01. The first kappa shape index (κ1) is 20.2. The van der Waals surface area contributed by atoms with Crippen LogP contribution in [-0.4, -0.2) is 40.8 Å². The van der Waals surface area contributed by atoms with Crippen molar-refractivity contribution in [2.45, 2.75) is 11.8 Å². The first-order chi connectivity index (χ1) is 13.5. The summed E-state index contributed by atoms with van der Waals surface area (Å²) in [6, 6.07) is 17.4. The molecule has 2 aromatic rings. The number of nitrogens with one attached hydrogen (secondary N) is 1. The Morgan fingerprint density at radius 3 is 2.54 bits per heavy atom. The molecule has 0 bridgehead atoms. The van der Waals surface area contributed by atoms with Gasteiger partial charge in [0.25, 0.3) is 11.1 Å². The molecule has 0 aliphatic carbocycles. The lowest BCUT2D eigenvalue weighted by molar-refractivity contribution is -0.123. The van der Waals surface area contributed by atoms with E-state index in [9.17, 15) is 14.4 Å². The third-order valence-corrected chi connectivity index (χ3v) is 5.94. The molecule has 0 spiro atoms. The molecule has 1 saturated heterocycles. The maximum atomic E-state index is 12.5. The highest BCUT2D eigenvalue weighted by Crippen LogP contribution is 2.31. The van der Waals surface area contributed by atoms with Gasteiger partial charge in [-0.05, 0) is 42.5 Å². The van der Waals surface area contributed by atoms with Crippen LogP contribution in [-0.2, 0) is 9.59 Å². The highest BCUT2D eigenvalue weighted by Gasteiger charge is 2.34. The van der Waals surface area contributed by atoms with Gasteiger partial charge in [0, 0.05) is 18.0 Å². The summed E-state index contributed by atoms with van der Waals surface area (Å²) in [7, 11) is 0. The molecule has 0 aromatic heterocycles. The molecule has 7 heteroatoms. The molecule has 1 N–H and O–H groups in total. The molecule has 0 saturated carbocycles. The standard InChI is InChI=1S/C21H20N2O3S2/c1-15-7-9-16(10-8-15)13-18-20(25)23(21(26)28-18)12-11-22-19(24)14-27-17-5-3-2-4-6-17/h2-10,13H,11-12,14H2,1H3,(H,22,24). The maximum Gasteiger partial charge on any atom is 0.293 e. The molecular formula is C21H20N2O3S2. The zero-order valence-electron chi connectivity index (χ0n) is 15.4. The van der Waals surface area contributed by atoms with Gasteiger partial charge in [-0.1, -0.05) is 48.0 Å². The number of hydrogen-bond donors (Lipinski definition) is 1. The van der Waals surface area contributed by atoms with Crippen molar-refractivity contribution in [1.82, 2.24) is 10.2 Å². The third kappa shape index (κ3) is 5.50. The van der Waals surface area contributed by atoms with E-state index in [4.69, 9.17) is 0 Å². The van der Waals surface area contributed by atoms with Crippen LogP contribution in [0.5, 0.6) is 0 Å². The number of imide groups is 1. The second-order valence-corrected chi connectivity index (χ2v) is 8.24. The quantitative estimate of drug-likeness (QED) is 0.551. The first-order valence-corrected chi connectivity index (χ1v) is 10.6. The van der Waals surface area contributed by atoms with Crippen molar-refractivity contribution >= 4 is 46.7 Å². The Hall–Kier alpha value is -2.51. The van der Waals surface area contributed by atoms with E-state index in [1.54, 1.807) is 6.08 Å². The molecule has 3 rings (SSSR count). The number of amides is 3. The number of benzene rings is 2. The molecule has 2 aromatic carbocycles. The van der Waals surface area contributed by atoms with Gasteiger partial charge in [-0.15, -0.1) is 11.8 Å². The predicted octanol–water partition coefficient (Wildman–Crippen LogP) is 3.94. The largest absolute Gasteiger partial charge is 0.354 e. The summed E-state index contributed by atoms with van der Waals surface area (Å²) in [5.74, 6) is -0.154. The Labute approximate surface area is 172 Å². The van der Waals surface area contributed by atoms with Crippen LogP contribution in [0.15, 0.2) is 64.4 Å². The van der Waals surface area contributed by atoms with Crippen LogP contribution in [0.3, 0.4) is 0 Å². The molecule has 1 fully saturated rings. The maximum absolute atomic E-state index is 12.5. The molecule has 1 aliphatic rings. The molecule has 5 nitrogen and oxygen atoms in total. The Kier molecular flexibility index (Phi) is 6.95. The monoisotopic (exact) mass is 412 g/mol. The second-order valence-electron chi connectivity index (χ2n) is 6.20. The minimum atomic E-state index is -0.316. The van der Waals surface area contributed by atoms with Crippen molar-refractivity contribution in [3.8, 4) is 0 Å². The summed E-state index contributed by atoms with van der Waals surface area (Å²) in [4.78, 5) is 39.2. The van der Waals surface area contributed by atoms with Crippen LogP contribution in [0.4, 0.5) is 4.79 Å². The molecule has 144 valence electrons. The van der Waals surface area contributed by atoms with Crippen molar-refractivity contribution in [1.29, 1.82) is 0 Å². The van der Waals surface area contributed by atoms with Gasteiger partial charge in [0.1, 0.15) is 0 Å². The fourth-order valence-corrected chi connectivity index (χ4v) is 4.15. The van der Waals surface area contributed by atoms with Gasteiger partial charge in [-0.3, -0.25) is 19.3 Å². The topological polar surface area (TPSA) is 66.5 Å². The van der Waals surface area contributed by atoms with E-state index in [-0.39, 0.29) is 30.1 Å². The van der Waals surface area contributed by atoms with Gasteiger partial charge in [0.05, 0.1) is 10.7 Å². The van der Waals surface area contributed by atoms with Gasteiger partial charge in [-0.2, -0.15) is 0 Å². The van der Waals surface area contributed by atoms with Crippen LogP contribution in [0.2, 0.25) is 0 Å². The Morgan fingerprint density at radius 2 is 1.82 bits per heavy atom. The van der Waals surface area contributed by atoms with Crippen LogP contribution < -0.4 is 5.32 Å². The zero-order chi connectivity index (χ0) is 19.9. The molecule has 1 heterocycles. The molecule has 1 aliphatic heterocycles. The van der Waals surface area contributed by atoms with E-state index < -0.39 is 0 Å². The summed E-state index contributed by atoms with van der Waals surface area (Å²) < 4.78 is 0. The van der Waals surface area contributed by atoms with Crippen molar-refractivity contribution in [3.63, 3.8) is 0 Å². The molecule has 0 unspecified atom stereocenters. The van der Waals surface area contributed by atoms with Gasteiger partial charge in [-0.25, -0.2) is 0 Å². The molecular weight excluding hydrogens is 392 g/mol. The Balaban J connectivity index is 1.48. The number of carbonyl (C=O) groups is 3. The van der Waals surface area contributed by atoms with E-state index in [0.717, 1.165) is 27.8 Å². The number of carbonyl (C=O) groups excluding carboxylic acids is 3. The highest BCUT2D eigenvalue weighted by atomic mass is 32.2. The lowest BCUT2D eigenvalue weighted by Gasteiger charge is -2.13. The SMILES string of the molecule is Cc1ccc(C=C2SC(=O)N(CCNC(=O)CSc3ccccc3)C2=O)cc1.